The molecule has 27 heavy (non-hydrogen) atoms. The van der Waals surface area contributed by atoms with E-state index in [1.54, 1.807) is 19.1 Å². The van der Waals surface area contributed by atoms with Crippen LogP contribution in [0.4, 0.5) is 18.9 Å². The van der Waals surface area contributed by atoms with E-state index in [1.807, 2.05) is 30.3 Å². The van der Waals surface area contributed by atoms with Crippen LogP contribution in [0, 0.1) is 0 Å². The number of carbonyl (C=O) groups excluding carboxylic acids is 1. The first kappa shape index (κ1) is 20.6. The Kier molecular flexibility index (Phi) is 7.05. The highest BCUT2D eigenvalue weighted by molar-refractivity contribution is 5.98. The molecule has 2 rings (SSSR count). The van der Waals surface area contributed by atoms with Gasteiger partial charge in [0, 0.05) is 5.69 Å². The molecule has 2 aromatic rings. The van der Waals surface area contributed by atoms with Gasteiger partial charge in [0.2, 0.25) is 0 Å². The number of halogens is 3. The number of aryl methyl sites for hydroxylation is 1. The van der Waals surface area contributed by atoms with E-state index in [9.17, 15) is 18.0 Å². The first-order valence-corrected chi connectivity index (χ1v) is 8.58. The van der Waals surface area contributed by atoms with Crippen LogP contribution in [0.2, 0.25) is 0 Å². The van der Waals surface area contributed by atoms with E-state index < -0.39 is 18.1 Å². The van der Waals surface area contributed by atoms with Gasteiger partial charge in [0.15, 0.2) is 0 Å². The summed E-state index contributed by atoms with van der Waals surface area (Å²) in [4.78, 5) is 13.0. The number of anilines is 1. The lowest BCUT2D eigenvalue weighted by Gasteiger charge is -2.31. The van der Waals surface area contributed by atoms with Crippen molar-refractivity contribution in [1.29, 1.82) is 0 Å². The van der Waals surface area contributed by atoms with Crippen molar-refractivity contribution < 1.29 is 22.7 Å². The minimum atomic E-state index is -4.97. The van der Waals surface area contributed by atoms with Gasteiger partial charge in [-0.1, -0.05) is 42.5 Å². The lowest BCUT2D eigenvalue weighted by molar-refractivity contribution is -0.170. The molecule has 0 saturated heterocycles. The Morgan fingerprint density at radius 2 is 1.74 bits per heavy atom. The predicted molar refractivity (Wildman–Crippen MR) is 99.9 cm³/mol. The molecule has 6 heteroatoms. The molecule has 0 bridgehead atoms. The summed E-state index contributed by atoms with van der Waals surface area (Å²) in [6.07, 6.45) is -0.769. The smallest absolute Gasteiger partial charge is 0.471 e. The second-order valence-electron chi connectivity index (χ2n) is 5.99. The number of carbonyl (C=O) groups is 1. The highest BCUT2D eigenvalue weighted by Gasteiger charge is 2.44. The van der Waals surface area contributed by atoms with E-state index in [1.165, 1.54) is 31.4 Å². The van der Waals surface area contributed by atoms with Crippen molar-refractivity contribution in [2.45, 2.75) is 32.0 Å². The van der Waals surface area contributed by atoms with E-state index in [4.69, 9.17) is 4.74 Å². The van der Waals surface area contributed by atoms with Crippen molar-refractivity contribution in [3.63, 3.8) is 0 Å². The zero-order valence-electron chi connectivity index (χ0n) is 15.2. The molecule has 0 saturated carbocycles. The number of amides is 1. The van der Waals surface area contributed by atoms with Gasteiger partial charge in [-0.3, -0.25) is 9.69 Å². The first-order chi connectivity index (χ1) is 12.9. The maximum absolute atomic E-state index is 13.3. The Morgan fingerprint density at radius 1 is 1.11 bits per heavy atom. The molecular formula is C21H22F3NO2. The molecule has 0 unspecified atom stereocenters. The number of ether oxygens (including phenoxy) is 1. The van der Waals surface area contributed by atoms with Crippen LogP contribution in [-0.4, -0.2) is 25.2 Å². The van der Waals surface area contributed by atoms with E-state index in [0.717, 1.165) is 10.5 Å². The third-order valence-corrected chi connectivity index (χ3v) is 4.13. The maximum Gasteiger partial charge on any atom is 0.471 e. The van der Waals surface area contributed by atoms with E-state index in [0.29, 0.717) is 18.6 Å². The fourth-order valence-corrected chi connectivity index (χ4v) is 2.83. The third kappa shape index (κ3) is 5.61. The van der Waals surface area contributed by atoms with Crippen molar-refractivity contribution in [1.82, 2.24) is 0 Å². The molecule has 144 valence electrons. The van der Waals surface area contributed by atoms with Gasteiger partial charge in [-0.25, -0.2) is 0 Å². The SMILES string of the molecule is C/C=C/[C@H](CCc1ccccc1)N(C(=O)C(F)(F)F)c1ccc(OC)cc1. The molecular weight excluding hydrogens is 355 g/mol. The lowest BCUT2D eigenvalue weighted by atomic mass is 10.0. The van der Waals surface area contributed by atoms with Crippen LogP contribution in [0.1, 0.15) is 18.9 Å². The van der Waals surface area contributed by atoms with Crippen molar-refractivity contribution in [3.8, 4) is 5.75 Å². The Labute approximate surface area is 157 Å². The Bertz CT molecular complexity index is 755. The summed E-state index contributed by atoms with van der Waals surface area (Å²) >= 11 is 0. The summed E-state index contributed by atoms with van der Waals surface area (Å²) in [5, 5.41) is 0. The molecule has 0 radical (unpaired) electrons. The summed E-state index contributed by atoms with van der Waals surface area (Å²) in [6, 6.07) is 14.7. The molecule has 0 aliphatic carbocycles. The van der Waals surface area contributed by atoms with Gasteiger partial charge in [-0.2, -0.15) is 13.2 Å². The summed E-state index contributed by atoms with van der Waals surface area (Å²) in [5.41, 5.74) is 1.18. The van der Waals surface area contributed by atoms with Crippen molar-refractivity contribution in [2.75, 3.05) is 12.0 Å². The van der Waals surface area contributed by atoms with Crippen molar-refractivity contribution in [2.24, 2.45) is 0 Å². The number of rotatable bonds is 7. The van der Waals surface area contributed by atoms with Crippen LogP contribution < -0.4 is 9.64 Å². The number of methoxy groups -OCH3 is 1. The van der Waals surface area contributed by atoms with E-state index >= 15 is 0 Å². The highest BCUT2D eigenvalue weighted by Crippen LogP contribution is 2.29. The van der Waals surface area contributed by atoms with Gasteiger partial charge in [-0.05, 0) is 49.6 Å². The molecule has 1 atom stereocenters. The van der Waals surface area contributed by atoms with Crippen LogP contribution in [-0.2, 0) is 11.2 Å². The van der Waals surface area contributed by atoms with Crippen molar-refractivity contribution >= 4 is 11.6 Å². The first-order valence-electron chi connectivity index (χ1n) is 8.58. The zero-order valence-corrected chi connectivity index (χ0v) is 15.2. The monoisotopic (exact) mass is 377 g/mol. The molecule has 1 amide bonds. The van der Waals surface area contributed by atoms with Gasteiger partial charge in [0.05, 0.1) is 13.2 Å². The fraction of sp³-hybridized carbons (Fsp3) is 0.286. The highest BCUT2D eigenvalue weighted by atomic mass is 19.4. The largest absolute Gasteiger partial charge is 0.497 e. The Hall–Kier alpha value is -2.76. The topological polar surface area (TPSA) is 29.5 Å². The minimum absolute atomic E-state index is 0.175. The normalized spacial score (nSPS) is 12.8. The van der Waals surface area contributed by atoms with E-state index in [-0.39, 0.29) is 5.69 Å². The van der Waals surface area contributed by atoms with Crippen LogP contribution in [0.25, 0.3) is 0 Å². The minimum Gasteiger partial charge on any atom is -0.497 e. The third-order valence-electron chi connectivity index (χ3n) is 4.13. The second-order valence-corrected chi connectivity index (χ2v) is 5.99. The summed E-state index contributed by atoms with van der Waals surface area (Å²) in [7, 11) is 1.47. The summed E-state index contributed by atoms with van der Waals surface area (Å²) in [5.74, 6) is -1.38. The number of nitrogens with zero attached hydrogens (tertiary/aromatic N) is 1. The van der Waals surface area contributed by atoms with Crippen LogP contribution in [0.3, 0.4) is 0 Å². The average Bonchev–Trinajstić information content (AvgIpc) is 2.67. The lowest BCUT2D eigenvalue weighted by Crippen LogP contribution is -2.47. The van der Waals surface area contributed by atoms with Crippen molar-refractivity contribution in [3.05, 3.63) is 72.3 Å². The molecule has 0 fully saturated rings. The zero-order chi connectivity index (χ0) is 19.9. The van der Waals surface area contributed by atoms with Gasteiger partial charge >= 0.3 is 12.1 Å². The maximum atomic E-state index is 13.3. The Balaban J connectivity index is 2.35. The summed E-state index contributed by atoms with van der Waals surface area (Å²) < 4.78 is 44.8. The van der Waals surface area contributed by atoms with Gasteiger partial charge < -0.3 is 4.74 Å². The number of alkyl halides is 3. The molecule has 0 aliphatic heterocycles. The predicted octanol–water partition coefficient (Wildman–Crippen LogP) is 5.17. The van der Waals surface area contributed by atoms with Crippen LogP contribution >= 0.6 is 0 Å². The molecule has 0 N–H and O–H groups in total. The fourth-order valence-electron chi connectivity index (χ4n) is 2.83. The standard InChI is InChI=1S/C21H22F3NO2/c1-3-7-17(11-10-16-8-5-4-6-9-16)25(20(26)21(22,23)24)18-12-14-19(27-2)15-13-18/h3-9,12-15,17H,10-11H2,1-2H3/b7-3+/t17-/m1/s1. The molecule has 0 heterocycles. The van der Waals surface area contributed by atoms with Gasteiger partial charge in [-0.15, -0.1) is 0 Å². The molecule has 2 aromatic carbocycles. The molecule has 3 nitrogen and oxygen atoms in total. The van der Waals surface area contributed by atoms with E-state index in [2.05, 4.69) is 0 Å². The number of hydrogen-bond acceptors (Lipinski definition) is 2. The molecule has 0 spiro atoms. The number of hydrogen-bond donors (Lipinski definition) is 0. The summed E-state index contributed by atoms with van der Waals surface area (Å²) in [6.45, 7) is 1.72. The van der Waals surface area contributed by atoms with Crippen LogP contribution in [0.15, 0.2) is 66.7 Å². The van der Waals surface area contributed by atoms with Gasteiger partial charge in [0.25, 0.3) is 0 Å². The quantitative estimate of drug-likeness (QED) is 0.623. The molecule has 0 aromatic heterocycles. The Morgan fingerprint density at radius 3 is 2.26 bits per heavy atom. The van der Waals surface area contributed by atoms with Gasteiger partial charge in [0.1, 0.15) is 5.75 Å². The average molecular weight is 377 g/mol. The molecule has 0 aliphatic rings. The number of benzene rings is 2. The number of allylic oxidation sites excluding steroid dienone is 1. The second kappa shape index (κ2) is 9.26. The van der Waals surface area contributed by atoms with Crippen LogP contribution in [0.5, 0.6) is 5.75 Å².